The van der Waals surface area contributed by atoms with E-state index in [1.54, 1.807) is 41.5 Å². The zero-order valence-electron chi connectivity index (χ0n) is 20.5. The van der Waals surface area contributed by atoms with Crippen molar-refractivity contribution in [2.45, 2.75) is 115 Å². The fourth-order valence-corrected chi connectivity index (χ4v) is 3.91. The number of alkyl carbamates (subject to hydrolysis) is 1. The number of fused-ring (bicyclic) bond motifs is 1. The first kappa shape index (κ1) is 27.3. The maximum atomic E-state index is 12.9. The summed E-state index contributed by atoms with van der Waals surface area (Å²) in [5, 5.41) is 14.3. The van der Waals surface area contributed by atoms with E-state index >= 15 is 0 Å². The number of hydrogen-bond donors (Lipinski definition) is 3. The maximum absolute atomic E-state index is 12.9. The number of aliphatic carboxylic acids is 1. The number of rotatable bonds is 10. The first-order valence-electron chi connectivity index (χ1n) is 11.3. The Morgan fingerprint density at radius 1 is 1.12 bits per heavy atom. The first-order chi connectivity index (χ1) is 15.2. The zero-order valence-corrected chi connectivity index (χ0v) is 20.5. The lowest BCUT2D eigenvalue weighted by Gasteiger charge is -2.31. The molecule has 3 N–H and O–H groups in total. The van der Waals surface area contributed by atoms with Crippen molar-refractivity contribution in [3.8, 4) is 0 Å². The van der Waals surface area contributed by atoms with Crippen LogP contribution < -0.4 is 10.6 Å². The molecule has 0 aromatic heterocycles. The van der Waals surface area contributed by atoms with Crippen LogP contribution in [-0.4, -0.2) is 78.3 Å². The second-order valence-electron chi connectivity index (χ2n) is 9.89. The van der Waals surface area contributed by atoms with E-state index in [4.69, 9.17) is 28.8 Å². The average molecular weight is 475 g/mol. The summed E-state index contributed by atoms with van der Waals surface area (Å²) >= 11 is 0. The fourth-order valence-electron chi connectivity index (χ4n) is 3.91. The highest BCUT2D eigenvalue weighted by Gasteiger charge is 2.57. The largest absolute Gasteiger partial charge is 0.481 e. The number of carbonyl (C=O) groups is 3. The van der Waals surface area contributed by atoms with Crippen molar-refractivity contribution in [2.24, 2.45) is 0 Å². The molecule has 0 spiro atoms. The maximum Gasteiger partial charge on any atom is 0.408 e. The first-order valence-corrected chi connectivity index (χ1v) is 11.3. The van der Waals surface area contributed by atoms with Gasteiger partial charge in [0, 0.05) is 13.5 Å². The summed E-state index contributed by atoms with van der Waals surface area (Å²) < 4.78 is 28.7. The Hall–Kier alpha value is -1.95. The second kappa shape index (κ2) is 11.0. The molecule has 2 aliphatic heterocycles. The average Bonchev–Trinajstić information content (AvgIpc) is 3.13. The summed E-state index contributed by atoms with van der Waals surface area (Å²) in [5.41, 5.74) is -0.693. The normalized spacial score (nSPS) is 28.0. The molecule has 0 unspecified atom stereocenters. The molecule has 190 valence electrons. The Balaban J connectivity index is 2.06. The Labute approximate surface area is 194 Å². The van der Waals surface area contributed by atoms with E-state index in [0.29, 0.717) is 19.3 Å². The molecule has 0 saturated carbocycles. The molecule has 0 aromatic rings. The van der Waals surface area contributed by atoms with Crippen LogP contribution in [0.25, 0.3) is 0 Å². The Kier molecular flexibility index (Phi) is 9.09. The van der Waals surface area contributed by atoms with Crippen LogP contribution in [0.15, 0.2) is 0 Å². The van der Waals surface area contributed by atoms with Crippen molar-refractivity contribution in [3.63, 3.8) is 0 Å². The molecule has 0 aliphatic carbocycles. The number of carbonyl (C=O) groups excluding carboxylic acids is 2. The van der Waals surface area contributed by atoms with E-state index in [1.165, 1.54) is 7.11 Å². The van der Waals surface area contributed by atoms with Crippen LogP contribution >= 0.6 is 0 Å². The van der Waals surface area contributed by atoms with E-state index < -0.39 is 66.0 Å². The standard InChI is InChI=1S/C22H38N2O9/c1-12(23-20(28)33-21(2,3)4)18(27)24-13(10-8-9-11-14(25)26)15-16(29-7)17-19(30-15)32-22(5,6)31-17/h12-13,15-17,19H,8-11H2,1-7H3,(H,23,28)(H,24,27)(H,25,26)/t12-,13-,15+,16-,17+,19+/m0/s1. The van der Waals surface area contributed by atoms with Crippen LogP contribution in [-0.2, 0) is 33.3 Å². The molecule has 0 radical (unpaired) electrons. The number of unbranched alkanes of at least 4 members (excludes halogenated alkanes) is 1. The smallest absolute Gasteiger partial charge is 0.408 e. The molecule has 2 amide bonds. The number of hydrogen-bond acceptors (Lipinski definition) is 8. The molecular formula is C22H38N2O9. The van der Waals surface area contributed by atoms with Gasteiger partial charge < -0.3 is 39.4 Å². The van der Waals surface area contributed by atoms with Gasteiger partial charge >= 0.3 is 12.1 Å². The third kappa shape index (κ3) is 8.09. The third-order valence-electron chi connectivity index (χ3n) is 5.31. The number of amides is 2. The van der Waals surface area contributed by atoms with Crippen LogP contribution in [0.4, 0.5) is 4.79 Å². The van der Waals surface area contributed by atoms with Crippen molar-refractivity contribution in [3.05, 3.63) is 0 Å². The predicted octanol–water partition coefficient (Wildman–Crippen LogP) is 1.92. The van der Waals surface area contributed by atoms with Gasteiger partial charge in [-0.25, -0.2) is 4.79 Å². The van der Waals surface area contributed by atoms with E-state index in [-0.39, 0.29) is 6.42 Å². The van der Waals surface area contributed by atoms with Crippen molar-refractivity contribution < 1.29 is 43.2 Å². The van der Waals surface area contributed by atoms with Crippen LogP contribution in [0.3, 0.4) is 0 Å². The predicted molar refractivity (Wildman–Crippen MR) is 116 cm³/mol. The molecule has 0 aromatic carbocycles. The van der Waals surface area contributed by atoms with Crippen LogP contribution in [0.1, 0.15) is 67.2 Å². The van der Waals surface area contributed by atoms with Gasteiger partial charge in [-0.05, 0) is 54.4 Å². The zero-order chi connectivity index (χ0) is 25.0. The van der Waals surface area contributed by atoms with Gasteiger partial charge in [-0.1, -0.05) is 6.42 Å². The molecule has 0 bridgehead atoms. The van der Waals surface area contributed by atoms with Gasteiger partial charge in [-0.3, -0.25) is 9.59 Å². The molecule has 11 heteroatoms. The molecule has 2 heterocycles. The molecular weight excluding hydrogens is 436 g/mol. The summed E-state index contributed by atoms with van der Waals surface area (Å²) in [6.45, 7) is 10.3. The van der Waals surface area contributed by atoms with Gasteiger partial charge in [0.05, 0.1) is 6.04 Å². The summed E-state index contributed by atoms with van der Waals surface area (Å²) in [7, 11) is 1.54. The van der Waals surface area contributed by atoms with Gasteiger partial charge in [0.25, 0.3) is 0 Å². The molecule has 2 fully saturated rings. The van der Waals surface area contributed by atoms with Crippen molar-refractivity contribution >= 4 is 18.0 Å². The summed E-state index contributed by atoms with van der Waals surface area (Å²) in [6.07, 6.45) is -1.42. The topological polar surface area (TPSA) is 142 Å². The summed E-state index contributed by atoms with van der Waals surface area (Å²) in [5.74, 6) is -2.12. The van der Waals surface area contributed by atoms with Crippen molar-refractivity contribution in [1.82, 2.24) is 10.6 Å². The minimum absolute atomic E-state index is 0.0299. The Morgan fingerprint density at radius 2 is 1.79 bits per heavy atom. The molecule has 11 nitrogen and oxygen atoms in total. The lowest BCUT2D eigenvalue weighted by atomic mass is 9.97. The van der Waals surface area contributed by atoms with Crippen molar-refractivity contribution in [1.29, 1.82) is 0 Å². The van der Waals surface area contributed by atoms with Gasteiger partial charge in [-0.15, -0.1) is 0 Å². The number of carboxylic acids is 1. The fraction of sp³-hybridized carbons (Fsp3) is 0.864. The Morgan fingerprint density at radius 3 is 2.36 bits per heavy atom. The molecule has 6 atom stereocenters. The summed E-state index contributed by atoms with van der Waals surface area (Å²) in [6, 6.07) is -1.38. The van der Waals surface area contributed by atoms with Crippen LogP contribution in [0.5, 0.6) is 0 Å². The minimum atomic E-state index is -0.879. The number of nitrogens with one attached hydrogen (secondary N) is 2. The Bertz CT molecular complexity index is 706. The van der Waals surface area contributed by atoms with E-state index in [2.05, 4.69) is 10.6 Å². The van der Waals surface area contributed by atoms with Crippen molar-refractivity contribution in [2.75, 3.05) is 7.11 Å². The molecule has 2 saturated heterocycles. The third-order valence-corrected chi connectivity index (χ3v) is 5.31. The second-order valence-corrected chi connectivity index (χ2v) is 9.89. The van der Waals surface area contributed by atoms with Gasteiger partial charge in [-0.2, -0.15) is 0 Å². The molecule has 2 aliphatic rings. The van der Waals surface area contributed by atoms with Crippen LogP contribution in [0.2, 0.25) is 0 Å². The lowest BCUT2D eigenvalue weighted by molar-refractivity contribution is -0.220. The number of ether oxygens (including phenoxy) is 5. The SMILES string of the molecule is CO[C@@H]1[C@H]2OC(C)(C)O[C@H]2O[C@@H]1[C@H](CCCCC(=O)O)NC(=O)[C@H](C)NC(=O)OC(C)(C)C. The van der Waals surface area contributed by atoms with Gasteiger partial charge in [0.1, 0.15) is 30.0 Å². The monoisotopic (exact) mass is 474 g/mol. The van der Waals surface area contributed by atoms with E-state index in [0.717, 1.165) is 0 Å². The van der Waals surface area contributed by atoms with E-state index in [1.807, 2.05) is 0 Å². The number of carboxylic acid groups (broad SMARTS) is 1. The summed E-state index contributed by atoms with van der Waals surface area (Å²) in [4.78, 5) is 35.8. The van der Waals surface area contributed by atoms with E-state index in [9.17, 15) is 14.4 Å². The van der Waals surface area contributed by atoms with Crippen LogP contribution in [0, 0.1) is 0 Å². The lowest BCUT2D eigenvalue weighted by Crippen LogP contribution is -2.54. The molecule has 2 rings (SSSR count). The quantitative estimate of drug-likeness (QED) is 0.405. The van der Waals surface area contributed by atoms with Gasteiger partial charge in [0.15, 0.2) is 12.1 Å². The van der Waals surface area contributed by atoms with Gasteiger partial charge in [0.2, 0.25) is 5.91 Å². The molecule has 33 heavy (non-hydrogen) atoms. The minimum Gasteiger partial charge on any atom is -0.481 e. The highest BCUT2D eigenvalue weighted by atomic mass is 16.8. The highest BCUT2D eigenvalue weighted by Crippen LogP contribution is 2.40. The number of methoxy groups -OCH3 is 1. The highest BCUT2D eigenvalue weighted by molar-refractivity contribution is 5.85.